The third-order valence-electron chi connectivity index (χ3n) is 3.65. The molecule has 0 bridgehead atoms. The van der Waals surface area contributed by atoms with E-state index in [-0.39, 0.29) is 5.82 Å². The van der Waals surface area contributed by atoms with Gasteiger partial charge in [0.1, 0.15) is 5.82 Å². The lowest BCUT2D eigenvalue weighted by Crippen LogP contribution is -2.25. The molecule has 1 heterocycles. The Hall–Kier alpha value is -2.26. The Bertz CT molecular complexity index is 778. The van der Waals surface area contributed by atoms with Crippen molar-refractivity contribution >= 4 is 10.9 Å². The smallest absolute Gasteiger partial charge is 0.123 e. The SMILES string of the molecule is CC(O)(Cc1cccc(F)c1)c1cccc2cccnc12. The first-order valence-electron chi connectivity index (χ1n) is 6.87. The fourth-order valence-corrected chi connectivity index (χ4v) is 2.68. The molecule has 1 N–H and O–H groups in total. The molecule has 3 aromatic rings. The molecule has 0 aliphatic heterocycles. The van der Waals surface area contributed by atoms with E-state index in [1.807, 2.05) is 36.4 Å². The quantitative estimate of drug-likeness (QED) is 0.791. The summed E-state index contributed by atoms with van der Waals surface area (Å²) < 4.78 is 13.3. The lowest BCUT2D eigenvalue weighted by Gasteiger charge is -2.25. The molecule has 0 aliphatic carbocycles. The van der Waals surface area contributed by atoms with Gasteiger partial charge < -0.3 is 5.11 Å². The molecular formula is C18H16FNO. The van der Waals surface area contributed by atoms with E-state index < -0.39 is 5.60 Å². The zero-order chi connectivity index (χ0) is 14.9. The van der Waals surface area contributed by atoms with Crippen molar-refractivity contribution in [1.82, 2.24) is 4.98 Å². The molecule has 1 unspecified atom stereocenters. The minimum absolute atomic E-state index is 0.292. The van der Waals surface area contributed by atoms with Gasteiger partial charge in [0.05, 0.1) is 11.1 Å². The van der Waals surface area contributed by atoms with Crippen molar-refractivity contribution in [2.75, 3.05) is 0 Å². The molecule has 1 aromatic heterocycles. The molecule has 3 rings (SSSR count). The molecule has 0 aliphatic rings. The summed E-state index contributed by atoms with van der Waals surface area (Å²) >= 11 is 0. The second-order valence-electron chi connectivity index (χ2n) is 5.46. The number of nitrogens with zero attached hydrogens (tertiary/aromatic N) is 1. The van der Waals surface area contributed by atoms with Crippen LogP contribution in [0.5, 0.6) is 0 Å². The van der Waals surface area contributed by atoms with Crippen molar-refractivity contribution in [2.24, 2.45) is 0 Å². The number of fused-ring (bicyclic) bond motifs is 1. The standard InChI is InChI=1S/C18H16FNO/c1-18(21,12-13-5-2-8-15(19)11-13)16-9-3-6-14-7-4-10-20-17(14)16/h2-11,21H,12H2,1H3. The van der Waals surface area contributed by atoms with E-state index in [0.29, 0.717) is 6.42 Å². The number of pyridine rings is 1. The van der Waals surface area contributed by atoms with Crippen LogP contribution in [-0.2, 0) is 12.0 Å². The normalized spacial score (nSPS) is 14.0. The second kappa shape index (κ2) is 5.26. The van der Waals surface area contributed by atoms with E-state index in [0.717, 1.165) is 22.0 Å². The second-order valence-corrected chi connectivity index (χ2v) is 5.46. The molecule has 0 amide bonds. The lowest BCUT2D eigenvalue weighted by molar-refractivity contribution is 0.0589. The summed E-state index contributed by atoms with van der Waals surface area (Å²) in [6.07, 6.45) is 2.05. The highest BCUT2D eigenvalue weighted by molar-refractivity contribution is 5.82. The molecule has 106 valence electrons. The highest BCUT2D eigenvalue weighted by Crippen LogP contribution is 2.30. The Kier molecular flexibility index (Phi) is 3.43. The van der Waals surface area contributed by atoms with Crippen LogP contribution in [0.25, 0.3) is 10.9 Å². The maximum absolute atomic E-state index is 13.3. The zero-order valence-corrected chi connectivity index (χ0v) is 11.8. The van der Waals surface area contributed by atoms with Gasteiger partial charge in [-0.25, -0.2) is 4.39 Å². The van der Waals surface area contributed by atoms with E-state index in [1.54, 1.807) is 19.2 Å². The summed E-state index contributed by atoms with van der Waals surface area (Å²) in [6, 6.07) is 15.9. The van der Waals surface area contributed by atoms with Crippen LogP contribution in [0, 0.1) is 5.82 Å². The number of para-hydroxylation sites is 1. The maximum Gasteiger partial charge on any atom is 0.123 e. The van der Waals surface area contributed by atoms with Gasteiger partial charge in [-0.05, 0) is 30.7 Å². The van der Waals surface area contributed by atoms with Gasteiger partial charge in [0.15, 0.2) is 0 Å². The Morgan fingerprint density at radius 2 is 1.86 bits per heavy atom. The van der Waals surface area contributed by atoms with E-state index >= 15 is 0 Å². The lowest BCUT2D eigenvalue weighted by atomic mass is 9.87. The van der Waals surface area contributed by atoms with Gasteiger partial charge in [0.2, 0.25) is 0 Å². The molecule has 3 heteroatoms. The highest BCUT2D eigenvalue weighted by Gasteiger charge is 2.26. The molecule has 2 nitrogen and oxygen atoms in total. The number of hydrogen-bond donors (Lipinski definition) is 1. The molecule has 0 saturated heterocycles. The average molecular weight is 281 g/mol. The monoisotopic (exact) mass is 281 g/mol. The van der Waals surface area contributed by atoms with Crippen molar-refractivity contribution in [3.8, 4) is 0 Å². The molecule has 0 spiro atoms. The average Bonchev–Trinajstić information content (AvgIpc) is 2.46. The first-order valence-corrected chi connectivity index (χ1v) is 6.87. The molecule has 21 heavy (non-hydrogen) atoms. The zero-order valence-electron chi connectivity index (χ0n) is 11.8. The fourth-order valence-electron chi connectivity index (χ4n) is 2.68. The Morgan fingerprint density at radius 3 is 2.67 bits per heavy atom. The number of aliphatic hydroxyl groups is 1. The summed E-state index contributed by atoms with van der Waals surface area (Å²) in [5, 5.41) is 11.8. The molecular weight excluding hydrogens is 265 g/mol. The minimum atomic E-state index is -1.11. The Labute approximate surface area is 122 Å². The van der Waals surface area contributed by atoms with Crippen molar-refractivity contribution in [1.29, 1.82) is 0 Å². The Morgan fingerprint density at radius 1 is 1.10 bits per heavy atom. The molecule has 0 fully saturated rings. The van der Waals surface area contributed by atoms with Crippen LogP contribution in [0.1, 0.15) is 18.1 Å². The summed E-state index contributed by atoms with van der Waals surface area (Å²) in [6.45, 7) is 1.74. The van der Waals surface area contributed by atoms with Crippen LogP contribution in [0.2, 0.25) is 0 Å². The number of aromatic nitrogens is 1. The number of benzene rings is 2. The van der Waals surface area contributed by atoms with Crippen molar-refractivity contribution in [3.05, 3.63) is 77.7 Å². The van der Waals surface area contributed by atoms with E-state index in [4.69, 9.17) is 0 Å². The van der Waals surface area contributed by atoms with E-state index in [1.165, 1.54) is 12.1 Å². The third kappa shape index (κ3) is 2.78. The van der Waals surface area contributed by atoms with Crippen LogP contribution in [0.15, 0.2) is 60.8 Å². The predicted octanol–water partition coefficient (Wildman–Crippen LogP) is 3.82. The highest BCUT2D eigenvalue weighted by atomic mass is 19.1. The number of hydrogen-bond acceptors (Lipinski definition) is 2. The minimum Gasteiger partial charge on any atom is -0.385 e. The van der Waals surface area contributed by atoms with E-state index in [2.05, 4.69) is 4.98 Å². The van der Waals surface area contributed by atoms with Crippen LogP contribution in [0.4, 0.5) is 4.39 Å². The third-order valence-corrected chi connectivity index (χ3v) is 3.65. The first kappa shape index (κ1) is 13.7. The molecule has 1 atom stereocenters. The molecule has 0 radical (unpaired) electrons. The van der Waals surface area contributed by atoms with Crippen LogP contribution < -0.4 is 0 Å². The summed E-state index contributed by atoms with van der Waals surface area (Å²) in [4.78, 5) is 4.37. The summed E-state index contributed by atoms with van der Waals surface area (Å²) in [5.41, 5.74) is 1.18. The van der Waals surface area contributed by atoms with Gasteiger partial charge in [-0.3, -0.25) is 4.98 Å². The van der Waals surface area contributed by atoms with E-state index in [9.17, 15) is 9.50 Å². The van der Waals surface area contributed by atoms with Crippen LogP contribution >= 0.6 is 0 Å². The van der Waals surface area contributed by atoms with Gasteiger partial charge in [0.25, 0.3) is 0 Å². The first-order chi connectivity index (χ1) is 10.1. The molecule has 0 saturated carbocycles. The maximum atomic E-state index is 13.3. The van der Waals surface area contributed by atoms with Gasteiger partial charge in [-0.1, -0.05) is 36.4 Å². The predicted molar refractivity (Wildman–Crippen MR) is 81.4 cm³/mol. The van der Waals surface area contributed by atoms with Crippen LogP contribution in [-0.4, -0.2) is 10.1 Å². The van der Waals surface area contributed by atoms with Crippen molar-refractivity contribution in [3.63, 3.8) is 0 Å². The topological polar surface area (TPSA) is 33.1 Å². The summed E-state index contributed by atoms with van der Waals surface area (Å²) in [5.74, 6) is -0.292. The summed E-state index contributed by atoms with van der Waals surface area (Å²) in [7, 11) is 0. The van der Waals surface area contributed by atoms with Gasteiger partial charge >= 0.3 is 0 Å². The van der Waals surface area contributed by atoms with Crippen LogP contribution in [0.3, 0.4) is 0 Å². The van der Waals surface area contributed by atoms with Gasteiger partial charge in [-0.2, -0.15) is 0 Å². The number of halogens is 1. The largest absolute Gasteiger partial charge is 0.385 e. The number of rotatable bonds is 3. The van der Waals surface area contributed by atoms with Crippen molar-refractivity contribution < 1.29 is 9.50 Å². The van der Waals surface area contributed by atoms with Gasteiger partial charge in [-0.15, -0.1) is 0 Å². The van der Waals surface area contributed by atoms with Crippen molar-refractivity contribution in [2.45, 2.75) is 18.9 Å². The molecule has 2 aromatic carbocycles. The Balaban J connectivity index is 2.04. The fraction of sp³-hybridized carbons (Fsp3) is 0.167. The van der Waals surface area contributed by atoms with Gasteiger partial charge in [0, 0.05) is 23.6 Å².